The van der Waals surface area contributed by atoms with E-state index in [-0.39, 0.29) is 25.8 Å². The average molecular weight is 658 g/mol. The van der Waals surface area contributed by atoms with Gasteiger partial charge in [0.2, 0.25) is 35.4 Å². The summed E-state index contributed by atoms with van der Waals surface area (Å²) in [5, 5.41) is 23.2. The van der Waals surface area contributed by atoms with E-state index >= 15 is 0 Å². The van der Waals surface area contributed by atoms with Gasteiger partial charge in [-0.05, 0) is 0 Å². The van der Waals surface area contributed by atoms with Crippen LogP contribution in [-0.4, -0.2) is 121 Å². The molecule has 0 aliphatic rings. The smallest absolute Gasteiger partial charge is 0.322 e. The first-order valence-corrected chi connectivity index (χ1v) is 14.1. The molecular weight excluding hydrogens is 622 g/mol. The Kier molecular flexibility index (Phi) is 13.5. The molecule has 0 saturated heterocycles. The van der Waals surface area contributed by atoms with Gasteiger partial charge in [-0.3, -0.25) is 33.6 Å². The molecule has 3 rings (SSSR count). The molecule has 47 heavy (non-hydrogen) atoms. The molecule has 0 spiro atoms. The number of aliphatic carboxylic acids is 1. The number of aromatic nitrogens is 6. The highest BCUT2D eigenvalue weighted by molar-refractivity contribution is 5.95. The number of carboxylic acid groups (broad SMARTS) is 1. The third-order valence-electron chi connectivity index (χ3n) is 6.34. The number of carboxylic acids is 1. The summed E-state index contributed by atoms with van der Waals surface area (Å²) >= 11 is 0. The second kappa shape index (κ2) is 18.0. The van der Waals surface area contributed by atoms with Crippen LogP contribution in [0.2, 0.25) is 0 Å². The van der Waals surface area contributed by atoms with Gasteiger partial charge < -0.3 is 57.7 Å². The van der Waals surface area contributed by atoms with Gasteiger partial charge in [0.15, 0.2) is 0 Å². The minimum Gasteiger partial charge on any atom is -0.480 e. The van der Waals surface area contributed by atoms with Gasteiger partial charge in [0.25, 0.3) is 0 Å². The Labute approximate surface area is 266 Å². The first kappa shape index (κ1) is 35.4. The van der Waals surface area contributed by atoms with Crippen LogP contribution in [0.25, 0.3) is 0 Å². The van der Waals surface area contributed by atoms with Gasteiger partial charge in [-0.1, -0.05) is 0 Å². The predicted octanol–water partition coefficient (Wildman–Crippen LogP) is -5.27. The fourth-order valence-electron chi connectivity index (χ4n) is 4.09. The minimum absolute atomic E-state index is 0.0378. The number of hydrogen-bond donors (Lipinski definition) is 11. The van der Waals surface area contributed by atoms with Crippen LogP contribution < -0.4 is 37.6 Å². The van der Waals surface area contributed by atoms with Crippen molar-refractivity contribution in [2.24, 2.45) is 5.73 Å². The van der Waals surface area contributed by atoms with Crippen LogP contribution in [0.1, 0.15) is 17.1 Å². The molecule has 3 heterocycles. The zero-order valence-electron chi connectivity index (χ0n) is 24.9. The molecule has 3 aromatic rings. The maximum Gasteiger partial charge on any atom is 0.322 e. The van der Waals surface area contributed by atoms with Crippen LogP contribution in [0.3, 0.4) is 0 Å². The number of rotatable bonds is 19. The highest BCUT2D eigenvalue weighted by atomic mass is 16.4. The van der Waals surface area contributed by atoms with E-state index < -0.39 is 79.2 Å². The van der Waals surface area contributed by atoms with Crippen molar-refractivity contribution in [3.05, 3.63) is 54.7 Å². The van der Waals surface area contributed by atoms with Crippen LogP contribution in [0.15, 0.2) is 37.6 Å². The van der Waals surface area contributed by atoms with Gasteiger partial charge in [0.05, 0.1) is 38.6 Å². The lowest BCUT2D eigenvalue weighted by molar-refractivity contribution is -0.138. The Balaban J connectivity index is 1.58. The summed E-state index contributed by atoms with van der Waals surface area (Å²) in [6.45, 7) is -2.20. The lowest BCUT2D eigenvalue weighted by Gasteiger charge is -2.20. The van der Waals surface area contributed by atoms with E-state index in [0.717, 1.165) is 0 Å². The van der Waals surface area contributed by atoms with Crippen LogP contribution in [0.5, 0.6) is 0 Å². The van der Waals surface area contributed by atoms with Gasteiger partial charge >= 0.3 is 5.97 Å². The van der Waals surface area contributed by atoms with E-state index in [1.54, 1.807) is 0 Å². The third kappa shape index (κ3) is 12.4. The number of nitrogens with zero attached hydrogens (tertiary/aromatic N) is 3. The largest absolute Gasteiger partial charge is 0.480 e. The van der Waals surface area contributed by atoms with Crippen molar-refractivity contribution in [3.63, 3.8) is 0 Å². The lowest BCUT2D eigenvalue weighted by atomic mass is 10.1. The molecule has 6 amide bonds. The van der Waals surface area contributed by atoms with Crippen molar-refractivity contribution < 1.29 is 38.7 Å². The van der Waals surface area contributed by atoms with Gasteiger partial charge in [-0.15, -0.1) is 0 Å². The van der Waals surface area contributed by atoms with Crippen molar-refractivity contribution in [1.29, 1.82) is 0 Å². The number of hydrogen-bond acceptors (Lipinski definition) is 11. The summed E-state index contributed by atoms with van der Waals surface area (Å²) < 4.78 is 0. The summed E-state index contributed by atoms with van der Waals surface area (Å²) in [6.07, 6.45) is 8.37. The summed E-state index contributed by atoms with van der Waals surface area (Å²) in [4.78, 5) is 107. The zero-order chi connectivity index (χ0) is 34.2. The van der Waals surface area contributed by atoms with Crippen LogP contribution >= 0.6 is 0 Å². The number of imidazole rings is 3. The minimum atomic E-state index is -1.28. The standard InChI is InChI=1S/C26H35N13O8/c27-4-20(40)37-17(1-14-5-28-11-34-14)24(45)31-8-21(41)38-18(2-15-6-29-12-35-15)25(46)32-9-22(42)39-19(3-16-7-30-13-36-16)26(47)33-10-23(43)44/h5-7,11-13,17-19H,1-4,8-10,27H2,(H,28,34)(H,29,35)(H,30,36)(H,31,45)(H,32,46)(H,33,47)(H,37,40)(H,38,41)(H,39,42)(H,43,44)/t17-,18-,19-/m0/s1. The van der Waals surface area contributed by atoms with E-state index in [2.05, 4.69) is 61.8 Å². The second-order valence-electron chi connectivity index (χ2n) is 9.95. The first-order valence-electron chi connectivity index (χ1n) is 14.1. The molecule has 0 aliphatic heterocycles. The molecule has 0 fully saturated rings. The number of aromatic amines is 3. The van der Waals surface area contributed by atoms with E-state index in [1.165, 1.54) is 37.6 Å². The first-order chi connectivity index (χ1) is 22.5. The third-order valence-corrected chi connectivity index (χ3v) is 6.34. The molecule has 0 bridgehead atoms. The molecule has 3 atom stereocenters. The van der Waals surface area contributed by atoms with E-state index in [0.29, 0.717) is 17.1 Å². The van der Waals surface area contributed by atoms with Crippen LogP contribution in [0, 0.1) is 0 Å². The Morgan fingerprint density at radius 3 is 1.23 bits per heavy atom. The molecule has 21 nitrogen and oxygen atoms in total. The Bertz CT molecular complexity index is 1490. The maximum atomic E-state index is 13.1. The summed E-state index contributed by atoms with van der Waals surface area (Å²) in [5.74, 6) is -5.67. The van der Waals surface area contributed by atoms with Gasteiger partial charge in [-0.2, -0.15) is 0 Å². The van der Waals surface area contributed by atoms with Crippen molar-refractivity contribution >= 4 is 41.4 Å². The van der Waals surface area contributed by atoms with Crippen LogP contribution in [0.4, 0.5) is 0 Å². The molecular formula is C26H35N13O8. The summed E-state index contributed by atoms with van der Waals surface area (Å²) in [5.41, 5.74) is 6.84. The normalized spacial score (nSPS) is 12.5. The maximum absolute atomic E-state index is 13.1. The molecule has 252 valence electrons. The van der Waals surface area contributed by atoms with E-state index in [4.69, 9.17) is 10.8 Å². The SMILES string of the molecule is NCC(=O)N[C@@H](Cc1cnc[nH]1)C(=O)NCC(=O)N[C@@H](Cc1cnc[nH]1)C(=O)NCC(=O)N[C@@H](Cc1cnc[nH]1)C(=O)NCC(=O)O. The number of nitrogens with two attached hydrogens (primary N) is 1. The Hall–Kier alpha value is -6.12. The number of H-pyrrole nitrogens is 3. The molecule has 3 aromatic heterocycles. The fraction of sp³-hybridized carbons (Fsp3) is 0.385. The molecule has 0 saturated carbocycles. The van der Waals surface area contributed by atoms with Gasteiger partial charge in [-0.25, -0.2) is 15.0 Å². The van der Waals surface area contributed by atoms with E-state index in [9.17, 15) is 33.6 Å². The number of nitrogens with one attached hydrogen (secondary N) is 9. The quantitative estimate of drug-likeness (QED) is 0.0576. The summed E-state index contributed by atoms with van der Waals surface area (Å²) in [7, 11) is 0. The van der Waals surface area contributed by atoms with Gasteiger partial charge in [0, 0.05) is 54.9 Å². The number of carbonyl (C=O) groups excluding carboxylic acids is 6. The highest BCUT2D eigenvalue weighted by Crippen LogP contribution is 2.02. The van der Waals surface area contributed by atoms with Gasteiger partial charge in [0.1, 0.15) is 24.7 Å². The molecule has 12 N–H and O–H groups in total. The molecule has 0 radical (unpaired) electrons. The summed E-state index contributed by atoms with van der Waals surface area (Å²) in [6, 6.07) is -3.51. The lowest BCUT2D eigenvalue weighted by Crippen LogP contribution is -2.55. The Morgan fingerprint density at radius 2 is 0.936 bits per heavy atom. The fourth-order valence-corrected chi connectivity index (χ4v) is 4.09. The predicted molar refractivity (Wildman–Crippen MR) is 158 cm³/mol. The average Bonchev–Trinajstić information content (AvgIpc) is 3.85. The molecule has 0 aliphatic carbocycles. The van der Waals surface area contributed by atoms with Crippen molar-refractivity contribution in [3.8, 4) is 0 Å². The van der Waals surface area contributed by atoms with Crippen LogP contribution in [-0.2, 0) is 52.8 Å². The van der Waals surface area contributed by atoms with Crippen molar-refractivity contribution in [1.82, 2.24) is 61.8 Å². The topological polar surface area (TPSA) is 324 Å². The highest BCUT2D eigenvalue weighted by Gasteiger charge is 2.26. The number of carbonyl (C=O) groups is 7. The monoisotopic (exact) mass is 657 g/mol. The zero-order valence-corrected chi connectivity index (χ0v) is 24.9. The molecule has 21 heteroatoms. The van der Waals surface area contributed by atoms with Crippen molar-refractivity contribution in [2.45, 2.75) is 37.4 Å². The van der Waals surface area contributed by atoms with E-state index in [1.807, 2.05) is 0 Å². The Morgan fingerprint density at radius 1 is 0.596 bits per heavy atom. The van der Waals surface area contributed by atoms with Crippen molar-refractivity contribution in [2.75, 3.05) is 26.2 Å². The number of amides is 6. The molecule has 0 aromatic carbocycles. The second-order valence-corrected chi connectivity index (χ2v) is 9.95. The molecule has 0 unspecified atom stereocenters.